The molecule has 0 fully saturated rings. The maximum atomic E-state index is 12.1. The summed E-state index contributed by atoms with van der Waals surface area (Å²) in [6, 6.07) is 37.8. The molecule has 0 atom stereocenters. The van der Waals surface area contributed by atoms with Crippen molar-refractivity contribution >= 4 is 11.0 Å². The number of phenols is 1. The minimum Gasteiger partial charge on any atom is -0.507 e. The second kappa shape index (κ2) is 17.7. The van der Waals surface area contributed by atoms with Crippen molar-refractivity contribution in [2.24, 2.45) is 0 Å². The van der Waals surface area contributed by atoms with Gasteiger partial charge in [-0.05, 0) is 158 Å². The Kier molecular flexibility index (Phi) is 7.14. The molecule has 10 rings (SSSR count). The molecule has 69 heavy (non-hydrogen) atoms. The third kappa shape index (κ3) is 8.80. The molecule has 1 N–H and O–H groups in total. The van der Waals surface area contributed by atoms with E-state index in [1.807, 2.05) is 127 Å². The standard InChI is InChI=1S/C65H59N3O/c1-41-33-43(3)62(69)57(34-41)63-67-61-54(50-36-49(44-17-12-10-13-18-44)37-51(38-50)58-39-48(31-32-66-58)45-23-27-52(28-24-45)64(4,5)6)21-16-22-59(61)68(63)60-35-42(2)55(46-19-14-11-15-20-46)40-56(60)47-25-29-53(30-26-47)65(7,8)9/h10-40,69H,1-9H3/i2D3,4D3,5D3,6D3,23D,24D,27D,28D,31D,32D,39D. The number of hydrogen-bond donors (Lipinski definition) is 1. The first kappa shape index (κ1) is 27.9. The number of para-hydroxylation sites is 1. The van der Waals surface area contributed by atoms with Crippen LogP contribution in [0.15, 0.2) is 188 Å². The molecule has 0 aliphatic carbocycles. The number of imidazole rings is 1. The van der Waals surface area contributed by atoms with Crippen LogP contribution in [0.3, 0.4) is 0 Å². The third-order valence-electron chi connectivity index (χ3n) is 12.4. The molecular weight excluding hydrogens is 839 g/mol. The van der Waals surface area contributed by atoms with Gasteiger partial charge in [-0.2, -0.15) is 0 Å². The van der Waals surface area contributed by atoms with Crippen molar-refractivity contribution in [3.05, 3.63) is 216 Å². The summed E-state index contributed by atoms with van der Waals surface area (Å²) >= 11 is 0. The Morgan fingerprint density at radius 3 is 1.90 bits per heavy atom. The molecule has 10 aromatic rings. The van der Waals surface area contributed by atoms with Crippen molar-refractivity contribution in [1.82, 2.24) is 14.5 Å². The molecule has 0 aliphatic rings. The zero-order valence-corrected chi connectivity index (χ0v) is 38.6. The molecule has 0 bridgehead atoms. The highest BCUT2D eigenvalue weighted by molar-refractivity contribution is 5.99. The number of phenolic OH excluding ortho intramolecular Hbond substituents is 1. The van der Waals surface area contributed by atoms with Gasteiger partial charge < -0.3 is 5.11 Å². The van der Waals surface area contributed by atoms with Gasteiger partial charge in [-0.3, -0.25) is 9.55 Å². The summed E-state index contributed by atoms with van der Waals surface area (Å²) in [5.74, 6) is 0.189. The van der Waals surface area contributed by atoms with Crippen molar-refractivity contribution in [2.75, 3.05) is 0 Å². The lowest BCUT2D eigenvalue weighted by Crippen LogP contribution is -2.10. The Labute approximate surface area is 434 Å². The van der Waals surface area contributed by atoms with Crippen LogP contribution in [0.5, 0.6) is 5.75 Å². The van der Waals surface area contributed by atoms with Crippen molar-refractivity contribution in [3.8, 4) is 89.7 Å². The van der Waals surface area contributed by atoms with Gasteiger partial charge in [-0.25, -0.2) is 4.98 Å². The summed E-state index contributed by atoms with van der Waals surface area (Å²) in [7, 11) is 0. The molecule has 4 nitrogen and oxygen atoms in total. The van der Waals surface area contributed by atoms with Gasteiger partial charge in [-0.15, -0.1) is 0 Å². The Morgan fingerprint density at radius 2 is 1.20 bits per heavy atom. The number of hydrogen-bond acceptors (Lipinski definition) is 3. The molecule has 0 radical (unpaired) electrons. The lowest BCUT2D eigenvalue weighted by atomic mass is 9.85. The maximum absolute atomic E-state index is 12.1. The Hall–Kier alpha value is -7.82. The van der Waals surface area contributed by atoms with E-state index in [9.17, 15) is 9.22 Å². The lowest BCUT2D eigenvalue weighted by molar-refractivity contribution is 0.472. The molecule has 340 valence electrons. The van der Waals surface area contributed by atoms with E-state index in [0.717, 1.165) is 16.7 Å². The van der Waals surface area contributed by atoms with E-state index in [4.69, 9.17) is 26.9 Å². The zero-order valence-electron chi connectivity index (χ0n) is 57.6. The Balaban J connectivity index is 1.29. The van der Waals surface area contributed by atoms with Gasteiger partial charge in [0.15, 0.2) is 0 Å². The lowest BCUT2D eigenvalue weighted by Gasteiger charge is -2.21. The second-order valence-electron chi connectivity index (χ2n) is 18.4. The molecule has 0 spiro atoms. The van der Waals surface area contributed by atoms with Gasteiger partial charge in [0, 0.05) is 39.3 Å². The molecule has 0 saturated carbocycles. The molecular formula is C65H59N3O. The van der Waals surface area contributed by atoms with E-state index in [-0.39, 0.29) is 33.8 Å². The number of aromatic hydroxyl groups is 1. The molecule has 0 unspecified atom stereocenters. The Bertz CT molecular complexity index is 4340. The van der Waals surface area contributed by atoms with Gasteiger partial charge in [0.25, 0.3) is 0 Å². The first-order chi connectivity index (χ1) is 41.0. The summed E-state index contributed by atoms with van der Waals surface area (Å²) in [6.07, 6.45) is -0.785. The van der Waals surface area contributed by atoms with E-state index in [2.05, 4.69) is 25.8 Å². The van der Waals surface area contributed by atoms with Crippen LogP contribution in [0.2, 0.25) is 0 Å². The van der Waals surface area contributed by atoms with Crippen LogP contribution in [-0.4, -0.2) is 19.6 Å². The van der Waals surface area contributed by atoms with Gasteiger partial charge in [-0.1, -0.05) is 169 Å². The quantitative estimate of drug-likeness (QED) is 0.165. The zero-order chi connectivity index (χ0) is 64.3. The van der Waals surface area contributed by atoms with Crippen molar-refractivity contribution < 1.29 is 31.2 Å². The minimum absolute atomic E-state index is 0.0574. The second-order valence-corrected chi connectivity index (χ2v) is 18.4. The summed E-state index contributed by atoms with van der Waals surface area (Å²) < 4.78 is 168. The summed E-state index contributed by atoms with van der Waals surface area (Å²) in [5, 5.41) is 12.1. The molecule has 2 heterocycles. The van der Waals surface area contributed by atoms with Crippen LogP contribution in [0.1, 0.15) is 95.2 Å². The van der Waals surface area contributed by atoms with Crippen LogP contribution in [-0.2, 0) is 10.8 Å². The van der Waals surface area contributed by atoms with Crippen molar-refractivity contribution in [3.63, 3.8) is 0 Å². The predicted octanol–water partition coefficient (Wildman–Crippen LogP) is 17.3. The van der Waals surface area contributed by atoms with Gasteiger partial charge in [0.05, 0.1) is 37.6 Å². The fourth-order valence-electron chi connectivity index (χ4n) is 8.82. The Morgan fingerprint density at radius 1 is 0.522 bits per heavy atom. The largest absolute Gasteiger partial charge is 0.507 e. The first-order valence-corrected chi connectivity index (χ1v) is 22.5. The highest BCUT2D eigenvalue weighted by Gasteiger charge is 2.25. The van der Waals surface area contributed by atoms with E-state index in [0.29, 0.717) is 66.8 Å². The number of aryl methyl sites for hydroxylation is 3. The topological polar surface area (TPSA) is 50.9 Å². The van der Waals surface area contributed by atoms with Crippen LogP contribution < -0.4 is 0 Å². The SMILES string of the molecule is [2H]c1nc(-c2cc(-c3ccccc3)cc(-c3cccc4c3nc(-c3cc(C)cc(C)c3O)n4-c3cc(C([2H])([2H])[2H])c(-c4ccccc4)cc3-c3ccc(C(C)(C)C)cc3)c2)c([2H])c(-c2c([2H])c([2H])c(C(C([2H])([2H])[2H])(C([2H])([2H])[2H])C([2H])([2H])[2H])c([2H])c2[2H])c1[2H]. The average Bonchev–Trinajstić information content (AvgIpc) is 1.06. The third-order valence-corrected chi connectivity index (χ3v) is 12.4. The number of aromatic nitrogens is 3. The normalized spacial score (nSPS) is 16.6. The van der Waals surface area contributed by atoms with Gasteiger partial charge >= 0.3 is 0 Å². The molecule has 4 heteroatoms. The smallest absolute Gasteiger partial charge is 0.149 e. The number of pyridine rings is 1. The van der Waals surface area contributed by atoms with Crippen LogP contribution in [0, 0.1) is 20.7 Å². The number of nitrogens with zero attached hydrogens (tertiary/aromatic N) is 3. The fourth-order valence-corrected chi connectivity index (χ4v) is 8.82. The molecule has 0 amide bonds. The van der Waals surface area contributed by atoms with Crippen molar-refractivity contribution in [1.29, 1.82) is 0 Å². The monoisotopic (exact) mass is 917 g/mol. The highest BCUT2D eigenvalue weighted by Crippen LogP contribution is 2.44. The number of fused-ring (bicyclic) bond motifs is 1. The average molecular weight is 917 g/mol. The number of rotatable bonds is 8. The molecule has 2 aromatic heterocycles. The van der Waals surface area contributed by atoms with Gasteiger partial charge in [0.1, 0.15) is 11.6 Å². The van der Waals surface area contributed by atoms with E-state index in [1.165, 1.54) is 0 Å². The van der Waals surface area contributed by atoms with E-state index in [1.54, 1.807) is 37.3 Å². The van der Waals surface area contributed by atoms with Gasteiger partial charge in [0.2, 0.25) is 0 Å². The van der Waals surface area contributed by atoms with Crippen LogP contribution in [0.4, 0.5) is 0 Å². The summed E-state index contributed by atoms with van der Waals surface area (Å²) in [6.45, 7) is -4.51. The van der Waals surface area contributed by atoms with Crippen LogP contribution in [0.25, 0.3) is 95.0 Å². The minimum atomic E-state index is -3.96. The van der Waals surface area contributed by atoms with E-state index >= 15 is 0 Å². The number of benzene rings is 8. The maximum Gasteiger partial charge on any atom is 0.149 e. The highest BCUT2D eigenvalue weighted by atomic mass is 16.3. The summed E-state index contributed by atoms with van der Waals surface area (Å²) in [5.41, 5.74) is 1.67. The predicted molar refractivity (Wildman–Crippen MR) is 290 cm³/mol. The van der Waals surface area contributed by atoms with Crippen molar-refractivity contribution in [2.45, 2.75) is 72.9 Å². The van der Waals surface area contributed by atoms with E-state index < -0.39 is 91.9 Å². The van der Waals surface area contributed by atoms with Crippen LogP contribution >= 0.6 is 0 Å². The first-order valence-electron chi connectivity index (χ1n) is 32.0. The molecule has 0 saturated heterocycles. The molecule has 0 aliphatic heterocycles. The summed E-state index contributed by atoms with van der Waals surface area (Å²) in [4.78, 5) is 9.83. The molecule has 8 aromatic carbocycles. The fraction of sp³-hybridized carbons (Fsp3) is 0.169.